The van der Waals surface area contributed by atoms with Crippen LogP contribution in [0.3, 0.4) is 0 Å². The van der Waals surface area contributed by atoms with Gasteiger partial charge in [0.05, 0.1) is 0 Å². The summed E-state index contributed by atoms with van der Waals surface area (Å²) in [6.07, 6.45) is 2.70. The van der Waals surface area contributed by atoms with E-state index in [9.17, 15) is 4.79 Å². The van der Waals surface area contributed by atoms with Gasteiger partial charge in [0.2, 0.25) is 0 Å². The van der Waals surface area contributed by atoms with Gasteiger partial charge in [-0.3, -0.25) is 4.68 Å². The average molecular weight is 210 g/mol. The number of nitrogens with zero attached hydrogens (tertiary/aromatic N) is 1. The molecule has 1 rings (SSSR count). The predicted molar refractivity (Wildman–Crippen MR) is 59.7 cm³/mol. The summed E-state index contributed by atoms with van der Waals surface area (Å²) in [5.41, 5.74) is 3.59. The molecule has 0 saturated heterocycles. The van der Waals surface area contributed by atoms with E-state index < -0.39 is 5.97 Å². The van der Waals surface area contributed by atoms with Crippen LogP contribution in [-0.4, -0.2) is 22.3 Å². The minimum Gasteiger partial charge on any atom is -0.477 e. The van der Waals surface area contributed by atoms with Crippen LogP contribution in [0.1, 0.15) is 37.7 Å². The van der Waals surface area contributed by atoms with Crippen molar-refractivity contribution < 1.29 is 9.90 Å². The Morgan fingerprint density at radius 3 is 2.73 bits per heavy atom. The van der Waals surface area contributed by atoms with E-state index in [0.29, 0.717) is 0 Å². The quantitative estimate of drug-likeness (QED) is 0.800. The maximum absolute atomic E-state index is 10.8. The molecule has 0 aliphatic carbocycles. The molecule has 15 heavy (non-hydrogen) atoms. The van der Waals surface area contributed by atoms with E-state index in [1.165, 1.54) is 0 Å². The summed E-state index contributed by atoms with van der Waals surface area (Å²) >= 11 is 0. The summed E-state index contributed by atoms with van der Waals surface area (Å²) in [5, 5.41) is 8.85. The Kier molecular flexibility index (Phi) is 3.39. The Morgan fingerprint density at radius 2 is 2.20 bits per heavy atom. The monoisotopic (exact) mass is 210 g/mol. The molecule has 0 atom stereocenters. The Hall–Kier alpha value is -1.45. The summed E-state index contributed by atoms with van der Waals surface area (Å²) in [7, 11) is 0. The first kappa shape index (κ1) is 11.6. The highest BCUT2D eigenvalue weighted by Gasteiger charge is 2.11. The molecule has 1 aromatic rings. The van der Waals surface area contributed by atoms with E-state index in [0.717, 1.165) is 13.0 Å². The lowest BCUT2D eigenvalue weighted by Gasteiger charge is -2.19. The summed E-state index contributed by atoms with van der Waals surface area (Å²) in [5.74, 6) is -0.914. The zero-order chi connectivity index (χ0) is 11.5. The number of nitrogens with one attached hydrogen (secondary N) is 1. The van der Waals surface area contributed by atoms with Gasteiger partial charge in [0.25, 0.3) is 0 Å². The van der Waals surface area contributed by atoms with Gasteiger partial charge >= 0.3 is 5.97 Å². The molecule has 0 aliphatic heterocycles. The van der Waals surface area contributed by atoms with Crippen molar-refractivity contribution in [2.75, 3.05) is 12.0 Å². The molecule has 0 bridgehead atoms. The first-order valence-corrected chi connectivity index (χ1v) is 5.05. The van der Waals surface area contributed by atoms with Crippen LogP contribution in [0.25, 0.3) is 0 Å². The van der Waals surface area contributed by atoms with Crippen LogP contribution < -0.4 is 5.43 Å². The zero-order valence-electron chi connectivity index (χ0n) is 9.45. The molecular formula is C11H18N2O2. The van der Waals surface area contributed by atoms with Crippen molar-refractivity contribution in [2.45, 2.75) is 27.2 Å². The van der Waals surface area contributed by atoms with Crippen LogP contribution in [0.4, 0.5) is 0 Å². The molecule has 1 aromatic heterocycles. The highest BCUT2D eigenvalue weighted by atomic mass is 16.4. The third-order valence-corrected chi connectivity index (χ3v) is 2.13. The molecule has 1 heterocycles. The molecule has 0 fully saturated rings. The van der Waals surface area contributed by atoms with Crippen LogP contribution in [0.5, 0.6) is 0 Å². The lowest BCUT2D eigenvalue weighted by atomic mass is 9.93. The molecule has 0 radical (unpaired) electrons. The van der Waals surface area contributed by atoms with Crippen LogP contribution in [0.2, 0.25) is 0 Å². The number of carboxylic acid groups (broad SMARTS) is 1. The molecule has 0 saturated carbocycles. The predicted octanol–water partition coefficient (Wildman–Crippen LogP) is 2.17. The van der Waals surface area contributed by atoms with E-state index in [4.69, 9.17) is 5.11 Å². The first-order chi connectivity index (χ1) is 6.90. The summed E-state index contributed by atoms with van der Waals surface area (Å²) < 4.78 is 1.55. The second-order valence-electron chi connectivity index (χ2n) is 4.79. The molecule has 84 valence electrons. The molecule has 4 heteroatoms. The number of carbonyl (C=O) groups is 1. The van der Waals surface area contributed by atoms with E-state index >= 15 is 0 Å². The maximum Gasteiger partial charge on any atom is 0.354 e. The van der Waals surface area contributed by atoms with Crippen molar-refractivity contribution in [3.63, 3.8) is 0 Å². The third-order valence-electron chi connectivity index (χ3n) is 2.13. The first-order valence-electron chi connectivity index (χ1n) is 5.05. The Morgan fingerprint density at radius 1 is 1.53 bits per heavy atom. The van der Waals surface area contributed by atoms with E-state index in [-0.39, 0.29) is 11.1 Å². The van der Waals surface area contributed by atoms with Gasteiger partial charge in [-0.05, 0) is 24.0 Å². The van der Waals surface area contributed by atoms with E-state index in [2.05, 4.69) is 26.2 Å². The second kappa shape index (κ2) is 4.38. The molecule has 0 spiro atoms. The summed E-state index contributed by atoms with van der Waals surface area (Å²) in [6.45, 7) is 7.23. The van der Waals surface area contributed by atoms with Gasteiger partial charge in [-0.25, -0.2) is 4.79 Å². The lowest BCUT2D eigenvalue weighted by Crippen LogP contribution is -2.22. The van der Waals surface area contributed by atoms with Crippen LogP contribution in [-0.2, 0) is 0 Å². The Balaban J connectivity index is 2.51. The summed E-state index contributed by atoms with van der Waals surface area (Å²) in [6, 6.07) is 3.29. The van der Waals surface area contributed by atoms with Gasteiger partial charge < -0.3 is 10.5 Å². The fraction of sp³-hybridized carbons (Fsp3) is 0.545. The van der Waals surface area contributed by atoms with Crippen LogP contribution >= 0.6 is 0 Å². The van der Waals surface area contributed by atoms with Crippen LogP contribution in [0, 0.1) is 5.41 Å². The molecule has 4 nitrogen and oxygen atoms in total. The number of hydrogen-bond donors (Lipinski definition) is 2. The van der Waals surface area contributed by atoms with Gasteiger partial charge in [0.15, 0.2) is 0 Å². The van der Waals surface area contributed by atoms with Gasteiger partial charge in [0, 0.05) is 12.7 Å². The van der Waals surface area contributed by atoms with E-state index in [1.54, 1.807) is 23.0 Å². The maximum atomic E-state index is 10.8. The molecule has 0 aliphatic rings. The van der Waals surface area contributed by atoms with E-state index in [1.807, 2.05) is 0 Å². The van der Waals surface area contributed by atoms with Crippen molar-refractivity contribution in [3.8, 4) is 0 Å². The SMILES string of the molecule is CC(C)(C)CCNn1cccc1C(=O)O. The molecule has 0 unspecified atom stereocenters. The second-order valence-corrected chi connectivity index (χ2v) is 4.79. The topological polar surface area (TPSA) is 54.3 Å². The smallest absolute Gasteiger partial charge is 0.354 e. The van der Waals surface area contributed by atoms with Gasteiger partial charge in [-0.1, -0.05) is 20.8 Å². The fourth-order valence-corrected chi connectivity index (χ4v) is 1.24. The number of rotatable bonds is 4. The van der Waals surface area contributed by atoms with Crippen molar-refractivity contribution in [1.29, 1.82) is 0 Å². The summed E-state index contributed by atoms with van der Waals surface area (Å²) in [4.78, 5) is 10.8. The largest absolute Gasteiger partial charge is 0.477 e. The number of aromatic carboxylic acids is 1. The van der Waals surface area contributed by atoms with Gasteiger partial charge in [0.1, 0.15) is 5.69 Å². The molecular weight excluding hydrogens is 192 g/mol. The Bertz CT molecular complexity index is 337. The molecule has 2 N–H and O–H groups in total. The van der Waals surface area contributed by atoms with Crippen molar-refractivity contribution in [2.24, 2.45) is 5.41 Å². The number of aromatic nitrogens is 1. The highest BCUT2D eigenvalue weighted by Crippen LogP contribution is 2.17. The van der Waals surface area contributed by atoms with Crippen molar-refractivity contribution in [1.82, 2.24) is 4.68 Å². The molecule has 0 amide bonds. The number of carboxylic acids is 1. The fourth-order valence-electron chi connectivity index (χ4n) is 1.24. The Labute approximate surface area is 89.9 Å². The van der Waals surface area contributed by atoms with Crippen molar-refractivity contribution in [3.05, 3.63) is 24.0 Å². The van der Waals surface area contributed by atoms with Crippen molar-refractivity contribution >= 4 is 5.97 Å². The minimum atomic E-state index is -0.914. The third kappa shape index (κ3) is 3.65. The standard InChI is InChI=1S/C11H18N2O2/c1-11(2,3)6-7-12-13-8-4-5-9(13)10(14)15/h4-5,8,12H,6-7H2,1-3H3,(H,14,15). The van der Waals surface area contributed by atoms with Crippen LogP contribution in [0.15, 0.2) is 18.3 Å². The molecule has 0 aromatic carbocycles. The van der Waals surface area contributed by atoms with Gasteiger partial charge in [-0.2, -0.15) is 0 Å². The van der Waals surface area contributed by atoms with Gasteiger partial charge in [-0.15, -0.1) is 0 Å². The zero-order valence-corrected chi connectivity index (χ0v) is 9.45. The highest BCUT2D eigenvalue weighted by molar-refractivity contribution is 5.85. The normalized spacial score (nSPS) is 11.4. The average Bonchev–Trinajstić information content (AvgIpc) is 2.49. The number of hydrogen-bond acceptors (Lipinski definition) is 2. The lowest BCUT2D eigenvalue weighted by molar-refractivity contribution is 0.0687. The minimum absolute atomic E-state index is 0.254.